The molecular formula is C34H27ClF6N8O3S. The number of alkyl halides is 4. The smallest absolute Gasteiger partial charge is 0.293 e. The highest BCUT2D eigenvalue weighted by atomic mass is 35.5. The van der Waals surface area contributed by atoms with Gasteiger partial charge in [-0.2, -0.15) is 19.0 Å². The van der Waals surface area contributed by atoms with Crippen LogP contribution in [0.15, 0.2) is 48.7 Å². The molecule has 2 unspecified atom stereocenters. The van der Waals surface area contributed by atoms with Crippen molar-refractivity contribution in [2.24, 2.45) is 13.0 Å². The molecule has 2 aliphatic rings. The lowest BCUT2D eigenvalue weighted by molar-refractivity contribution is -0.123. The van der Waals surface area contributed by atoms with Crippen LogP contribution in [0, 0.1) is 17.6 Å². The first-order chi connectivity index (χ1) is 25.0. The molecule has 3 N–H and O–H groups in total. The Labute approximate surface area is 301 Å². The van der Waals surface area contributed by atoms with Gasteiger partial charge in [0.15, 0.2) is 5.82 Å². The highest BCUT2D eigenvalue weighted by Gasteiger charge is 2.67. The second kappa shape index (κ2) is 12.2. The number of amides is 1. The van der Waals surface area contributed by atoms with Crippen molar-refractivity contribution >= 4 is 55.3 Å². The van der Waals surface area contributed by atoms with Crippen LogP contribution in [0.4, 0.5) is 32.2 Å². The number of aromatic nitrogens is 6. The summed E-state index contributed by atoms with van der Waals surface area (Å²) >= 11 is 6.57. The first-order valence-electron chi connectivity index (χ1n) is 16.1. The fourth-order valence-electron chi connectivity index (χ4n) is 7.45. The van der Waals surface area contributed by atoms with E-state index in [0.717, 1.165) is 18.4 Å². The number of rotatable bonds is 10. The summed E-state index contributed by atoms with van der Waals surface area (Å²) in [5.41, 5.74) is -0.0160. The van der Waals surface area contributed by atoms with Crippen molar-refractivity contribution in [3.05, 3.63) is 93.5 Å². The second-order valence-corrected chi connectivity index (χ2v) is 15.4. The number of sulfonamides is 1. The van der Waals surface area contributed by atoms with Crippen LogP contribution in [-0.2, 0) is 40.8 Å². The molecule has 0 spiro atoms. The van der Waals surface area contributed by atoms with Crippen molar-refractivity contribution < 1.29 is 39.6 Å². The Hall–Kier alpha value is -5.10. The van der Waals surface area contributed by atoms with Gasteiger partial charge in [-0.3, -0.25) is 18.9 Å². The number of pyridine rings is 1. The molecule has 0 aliphatic heterocycles. The molecule has 276 valence electrons. The summed E-state index contributed by atoms with van der Waals surface area (Å²) < 4.78 is 116. The Morgan fingerprint density at radius 3 is 2.51 bits per heavy atom. The van der Waals surface area contributed by atoms with Crippen molar-refractivity contribution in [2.75, 3.05) is 11.0 Å². The molecule has 19 heteroatoms. The number of nitrogens with one attached hydrogen (secondary N) is 3. The molecule has 1 amide bonds. The Morgan fingerprint density at radius 1 is 1.08 bits per heavy atom. The lowest BCUT2D eigenvalue weighted by Crippen LogP contribution is -2.35. The number of nitrogens with zero attached hydrogens (tertiary/aromatic N) is 5. The number of benzene rings is 2. The van der Waals surface area contributed by atoms with Crippen LogP contribution in [0.2, 0.25) is 5.02 Å². The molecule has 8 rings (SSSR count). The summed E-state index contributed by atoms with van der Waals surface area (Å²) in [6.45, 7) is -0.869. The van der Waals surface area contributed by atoms with E-state index in [9.17, 15) is 30.8 Å². The molecule has 2 aromatic carbocycles. The molecule has 1 saturated carbocycles. The number of hydrogen-bond donors (Lipinski definition) is 3. The number of aromatic amines is 1. The molecule has 2 aliphatic carbocycles. The summed E-state index contributed by atoms with van der Waals surface area (Å²) in [5.74, 6) is -8.16. The van der Waals surface area contributed by atoms with E-state index >= 15 is 8.78 Å². The number of H-pyrrole nitrogens is 1. The fraction of sp³-hybridized carbons (Fsp3) is 0.294. The molecule has 4 heterocycles. The van der Waals surface area contributed by atoms with Crippen molar-refractivity contribution in [2.45, 2.75) is 43.7 Å². The number of halogens is 7. The largest absolute Gasteiger partial charge is 0.346 e. The number of carbonyl (C=O) groups excluding carboxylic acids is 1. The summed E-state index contributed by atoms with van der Waals surface area (Å²) in [6, 6.07) is 8.16. The Morgan fingerprint density at radius 2 is 1.81 bits per heavy atom. The maximum Gasteiger partial charge on any atom is 0.293 e. The number of carbonyl (C=O) groups is 1. The molecule has 3 atom stereocenters. The molecule has 11 nitrogen and oxygen atoms in total. The normalized spacial score (nSPS) is 18.1. The van der Waals surface area contributed by atoms with Crippen LogP contribution in [0.1, 0.15) is 53.0 Å². The predicted octanol–water partition coefficient (Wildman–Crippen LogP) is 6.86. The maximum atomic E-state index is 15.3. The van der Waals surface area contributed by atoms with Crippen molar-refractivity contribution in [3.8, 4) is 11.1 Å². The third-order valence-electron chi connectivity index (χ3n) is 9.56. The summed E-state index contributed by atoms with van der Waals surface area (Å²) in [4.78, 5) is 21.6. The van der Waals surface area contributed by atoms with E-state index < -0.39 is 75.7 Å². The lowest BCUT2D eigenvalue weighted by Gasteiger charge is -2.23. The number of aryl methyl sites for hydroxylation is 1. The van der Waals surface area contributed by atoms with Gasteiger partial charge < -0.3 is 10.3 Å². The van der Waals surface area contributed by atoms with Gasteiger partial charge in [0, 0.05) is 47.3 Å². The molecule has 0 radical (unpaired) electrons. The Balaban J connectivity index is 1.26. The third kappa shape index (κ3) is 6.06. The van der Waals surface area contributed by atoms with Gasteiger partial charge in [-0.15, -0.1) is 0 Å². The zero-order valence-corrected chi connectivity index (χ0v) is 29.1. The summed E-state index contributed by atoms with van der Waals surface area (Å²) in [7, 11) is -2.24. The number of anilines is 1. The molecule has 6 aromatic rings. The second-order valence-electron chi connectivity index (χ2n) is 13.3. The maximum absolute atomic E-state index is 15.3. The molecule has 0 bridgehead atoms. The quantitative estimate of drug-likeness (QED) is 0.130. The van der Waals surface area contributed by atoms with E-state index in [1.54, 1.807) is 31.4 Å². The minimum atomic E-state index is -3.79. The van der Waals surface area contributed by atoms with Crippen molar-refractivity contribution in [1.82, 2.24) is 34.8 Å². The van der Waals surface area contributed by atoms with Gasteiger partial charge in [0.25, 0.3) is 12.3 Å². The monoisotopic (exact) mass is 776 g/mol. The van der Waals surface area contributed by atoms with Gasteiger partial charge in [0.2, 0.25) is 15.9 Å². The van der Waals surface area contributed by atoms with Gasteiger partial charge in [0.05, 0.1) is 33.9 Å². The van der Waals surface area contributed by atoms with E-state index in [1.165, 1.54) is 10.7 Å². The number of fused-ring (bicyclic) bond motifs is 5. The Kier molecular flexibility index (Phi) is 8.06. The minimum Gasteiger partial charge on any atom is -0.346 e. The minimum absolute atomic E-state index is 0.0417. The SMILES string of the molecule is Cn1nc(NS(C)(=O)=O)c2c(Cl)ccc(-c3cc4cc[nH]c4nc3C(Cc3cc(F)cc(F)c3)NC(=O)Cn3nc(C(F)F)c4c3C(F)(F)C3C[C@H]43)c21. The van der Waals surface area contributed by atoms with E-state index in [2.05, 4.69) is 25.2 Å². The average Bonchev–Trinajstić information content (AvgIpc) is 3.28. The summed E-state index contributed by atoms with van der Waals surface area (Å²) in [5, 5.41) is 11.8. The fourth-order valence-corrected chi connectivity index (χ4v) is 8.19. The third-order valence-corrected chi connectivity index (χ3v) is 10.4. The van der Waals surface area contributed by atoms with Gasteiger partial charge in [-0.05, 0) is 54.7 Å². The van der Waals surface area contributed by atoms with Gasteiger partial charge in [-0.1, -0.05) is 17.7 Å². The van der Waals surface area contributed by atoms with Crippen LogP contribution in [0.3, 0.4) is 0 Å². The zero-order valence-electron chi connectivity index (χ0n) is 27.6. The van der Waals surface area contributed by atoms with E-state index in [4.69, 9.17) is 16.6 Å². The molecule has 0 saturated heterocycles. The zero-order chi connectivity index (χ0) is 37.7. The lowest BCUT2D eigenvalue weighted by atomic mass is 9.93. The first kappa shape index (κ1) is 35.0. The van der Waals surface area contributed by atoms with Crippen molar-refractivity contribution in [1.29, 1.82) is 0 Å². The van der Waals surface area contributed by atoms with Gasteiger partial charge >= 0.3 is 0 Å². The van der Waals surface area contributed by atoms with Crippen LogP contribution in [0.25, 0.3) is 33.1 Å². The highest BCUT2D eigenvalue weighted by molar-refractivity contribution is 7.92. The van der Waals surface area contributed by atoms with Gasteiger partial charge in [0.1, 0.15) is 35.2 Å². The van der Waals surface area contributed by atoms with Crippen LogP contribution in [-0.4, -0.2) is 50.1 Å². The van der Waals surface area contributed by atoms with E-state index in [0.29, 0.717) is 38.4 Å². The standard InChI is InChI=1S/C34H27ClF6N8O3S/c1-48-29-18(3-4-22(35)26(29)33(46-48)47-53(2,51)52)19-10-15-5-6-42-32(15)44-27(19)23(9-14-7-16(36)11-17(37)8-14)43-24(50)13-49-30-25(28(45-49)31(38)39)20-12-21(20)34(30,40)41/h3-8,10-11,20-21,23,31H,9,12-13H2,1-2H3,(H,42,44)(H,43,50)(H,46,47)/t20-,21?,23?/m0/s1. The highest BCUT2D eigenvalue weighted by Crippen LogP contribution is 2.68. The number of hydrogen-bond acceptors (Lipinski definition) is 6. The van der Waals surface area contributed by atoms with Crippen LogP contribution < -0.4 is 10.0 Å². The summed E-state index contributed by atoms with van der Waals surface area (Å²) in [6.07, 6.45) is -0.810. The average molecular weight is 777 g/mol. The molecular weight excluding hydrogens is 750 g/mol. The van der Waals surface area contributed by atoms with Crippen molar-refractivity contribution in [3.63, 3.8) is 0 Å². The van der Waals surface area contributed by atoms with Crippen LogP contribution in [0.5, 0.6) is 0 Å². The van der Waals surface area contributed by atoms with E-state index in [-0.39, 0.29) is 45.9 Å². The van der Waals surface area contributed by atoms with E-state index in [1.807, 2.05) is 0 Å². The molecule has 53 heavy (non-hydrogen) atoms. The molecule has 4 aromatic heterocycles. The van der Waals surface area contributed by atoms with Crippen LogP contribution >= 0.6 is 11.6 Å². The predicted molar refractivity (Wildman–Crippen MR) is 182 cm³/mol. The Bertz CT molecular complexity index is 2590. The van der Waals surface area contributed by atoms with Gasteiger partial charge in [-0.25, -0.2) is 31.0 Å². The molecule has 1 fully saturated rings. The first-order valence-corrected chi connectivity index (χ1v) is 18.4. The topological polar surface area (TPSA) is 140 Å².